The van der Waals surface area contributed by atoms with E-state index in [2.05, 4.69) is 0 Å². The van der Waals surface area contributed by atoms with Gasteiger partial charge in [0.25, 0.3) is 0 Å². The van der Waals surface area contributed by atoms with Crippen LogP contribution in [0.5, 0.6) is 0 Å². The Kier molecular flexibility index (Phi) is 4.89. The highest BCUT2D eigenvalue weighted by atomic mass is 16.6. The Bertz CT molecular complexity index is 272. The second kappa shape index (κ2) is 5.27. The Hall–Kier alpha value is -1.14. The molecule has 0 radical (unpaired) electrons. The first kappa shape index (κ1) is 14.9. The summed E-state index contributed by atoms with van der Waals surface area (Å²) in [5.41, 5.74) is 8.21. The van der Waals surface area contributed by atoms with Crippen LogP contribution in [-0.2, 0) is 19.1 Å². The van der Waals surface area contributed by atoms with E-state index >= 15 is 0 Å². The molecule has 0 aromatic rings. The summed E-state index contributed by atoms with van der Waals surface area (Å²) in [5, 5.41) is 0. The topological polar surface area (TPSA) is 105 Å². The lowest BCUT2D eigenvalue weighted by Gasteiger charge is -2.28. The molecular formula is C10H20N2O4. The zero-order chi connectivity index (χ0) is 13.0. The number of methoxy groups -OCH3 is 1. The van der Waals surface area contributed by atoms with Crippen LogP contribution in [0.2, 0.25) is 0 Å². The number of carbonyl (C=O) groups is 2. The maximum absolute atomic E-state index is 11.7. The number of rotatable bonds is 5. The van der Waals surface area contributed by atoms with Gasteiger partial charge in [-0.2, -0.15) is 0 Å². The van der Waals surface area contributed by atoms with E-state index in [0.717, 1.165) is 0 Å². The molecule has 0 aliphatic carbocycles. The molecule has 0 saturated heterocycles. The fourth-order valence-corrected chi connectivity index (χ4v) is 0.958. The maximum atomic E-state index is 11.7. The summed E-state index contributed by atoms with van der Waals surface area (Å²) < 4.78 is 9.81. The Morgan fingerprint density at radius 3 is 2.06 bits per heavy atom. The zero-order valence-corrected chi connectivity index (χ0v) is 10.2. The SMILES string of the molecule is COCC[C@](N)(C(N)=O)C(=O)OC(C)(C)C. The van der Waals surface area contributed by atoms with E-state index in [-0.39, 0.29) is 13.0 Å². The summed E-state index contributed by atoms with van der Waals surface area (Å²) in [5.74, 6) is -1.75. The minimum atomic E-state index is -1.83. The summed E-state index contributed by atoms with van der Waals surface area (Å²) in [6.07, 6.45) is -0.00620. The lowest BCUT2D eigenvalue weighted by Crippen LogP contribution is -2.60. The molecule has 0 aromatic carbocycles. The van der Waals surface area contributed by atoms with E-state index in [1.54, 1.807) is 20.8 Å². The molecule has 0 fully saturated rings. The second-order valence-electron chi connectivity index (χ2n) is 4.58. The summed E-state index contributed by atoms with van der Waals surface area (Å²) in [4.78, 5) is 22.9. The third-order valence-corrected chi connectivity index (χ3v) is 1.90. The molecule has 0 aliphatic heterocycles. The van der Waals surface area contributed by atoms with Gasteiger partial charge in [-0.3, -0.25) is 4.79 Å². The highest BCUT2D eigenvalue weighted by molar-refractivity contribution is 6.06. The first-order valence-electron chi connectivity index (χ1n) is 4.94. The summed E-state index contributed by atoms with van der Waals surface area (Å²) in [6, 6.07) is 0. The number of primary amides is 1. The zero-order valence-electron chi connectivity index (χ0n) is 10.2. The standard InChI is InChI=1S/C10H20N2O4/c1-9(2,3)16-8(14)10(12,7(11)13)5-6-15-4/h5-6,12H2,1-4H3,(H2,11,13)/t10-/m0/s1. The summed E-state index contributed by atoms with van der Waals surface area (Å²) in [7, 11) is 1.44. The number of ether oxygens (including phenoxy) is 2. The smallest absolute Gasteiger partial charge is 0.336 e. The van der Waals surface area contributed by atoms with Gasteiger partial charge in [0.15, 0.2) is 5.54 Å². The second-order valence-corrected chi connectivity index (χ2v) is 4.58. The van der Waals surface area contributed by atoms with E-state index in [9.17, 15) is 9.59 Å². The van der Waals surface area contributed by atoms with Crippen molar-refractivity contribution in [1.29, 1.82) is 0 Å². The molecule has 1 amide bonds. The van der Waals surface area contributed by atoms with Crippen LogP contribution < -0.4 is 11.5 Å². The van der Waals surface area contributed by atoms with Crippen LogP contribution in [-0.4, -0.2) is 36.7 Å². The molecule has 94 valence electrons. The van der Waals surface area contributed by atoms with Crippen molar-refractivity contribution in [3.05, 3.63) is 0 Å². The average Bonchev–Trinajstić information content (AvgIpc) is 2.10. The van der Waals surface area contributed by atoms with Gasteiger partial charge in [0.05, 0.1) is 0 Å². The lowest BCUT2D eigenvalue weighted by molar-refractivity contribution is -0.164. The molecule has 0 aromatic heterocycles. The van der Waals surface area contributed by atoms with Crippen LogP contribution in [0.3, 0.4) is 0 Å². The maximum Gasteiger partial charge on any atom is 0.336 e. The minimum absolute atomic E-state index is 0.00620. The van der Waals surface area contributed by atoms with Gasteiger partial charge in [0.2, 0.25) is 5.91 Å². The van der Waals surface area contributed by atoms with Gasteiger partial charge in [-0.05, 0) is 20.8 Å². The van der Waals surface area contributed by atoms with Crippen molar-refractivity contribution >= 4 is 11.9 Å². The highest BCUT2D eigenvalue weighted by Gasteiger charge is 2.43. The van der Waals surface area contributed by atoms with Crippen molar-refractivity contribution in [2.45, 2.75) is 38.3 Å². The normalized spacial score (nSPS) is 15.3. The van der Waals surface area contributed by atoms with Crippen molar-refractivity contribution in [3.63, 3.8) is 0 Å². The van der Waals surface area contributed by atoms with Gasteiger partial charge in [-0.25, -0.2) is 4.79 Å². The van der Waals surface area contributed by atoms with E-state index in [1.165, 1.54) is 7.11 Å². The van der Waals surface area contributed by atoms with Crippen molar-refractivity contribution in [1.82, 2.24) is 0 Å². The minimum Gasteiger partial charge on any atom is -0.458 e. The van der Waals surface area contributed by atoms with E-state index in [4.69, 9.17) is 20.9 Å². The van der Waals surface area contributed by atoms with Crippen LogP contribution in [0.1, 0.15) is 27.2 Å². The molecule has 1 atom stereocenters. The molecule has 0 bridgehead atoms. The molecule has 4 N–H and O–H groups in total. The van der Waals surface area contributed by atoms with Gasteiger partial charge < -0.3 is 20.9 Å². The van der Waals surface area contributed by atoms with E-state index in [1.807, 2.05) is 0 Å². The third kappa shape index (κ3) is 4.16. The van der Waals surface area contributed by atoms with Crippen molar-refractivity contribution in [2.24, 2.45) is 11.5 Å². The fourth-order valence-electron chi connectivity index (χ4n) is 0.958. The number of amides is 1. The number of hydrogen-bond donors (Lipinski definition) is 2. The lowest BCUT2D eigenvalue weighted by atomic mass is 9.96. The number of nitrogens with two attached hydrogens (primary N) is 2. The molecule has 16 heavy (non-hydrogen) atoms. The van der Waals surface area contributed by atoms with Crippen molar-refractivity contribution in [3.8, 4) is 0 Å². The van der Waals surface area contributed by atoms with Gasteiger partial charge in [0, 0.05) is 20.1 Å². The van der Waals surface area contributed by atoms with Crippen LogP contribution in [0.25, 0.3) is 0 Å². The summed E-state index contributed by atoms with van der Waals surface area (Å²) >= 11 is 0. The molecule has 0 rings (SSSR count). The van der Waals surface area contributed by atoms with Gasteiger partial charge >= 0.3 is 5.97 Å². The Labute approximate surface area is 95.3 Å². The van der Waals surface area contributed by atoms with Crippen LogP contribution in [0.4, 0.5) is 0 Å². The first-order chi connectivity index (χ1) is 7.13. The average molecular weight is 232 g/mol. The Morgan fingerprint density at radius 2 is 1.75 bits per heavy atom. The predicted octanol–water partition coefficient (Wildman–Crippen LogP) is -0.453. The van der Waals surface area contributed by atoms with E-state index in [0.29, 0.717) is 0 Å². The predicted molar refractivity (Wildman–Crippen MR) is 58.5 cm³/mol. The third-order valence-electron chi connectivity index (χ3n) is 1.90. The van der Waals surface area contributed by atoms with Crippen LogP contribution in [0, 0.1) is 0 Å². The number of carbonyl (C=O) groups excluding carboxylic acids is 2. The van der Waals surface area contributed by atoms with Crippen molar-refractivity contribution < 1.29 is 19.1 Å². The van der Waals surface area contributed by atoms with Gasteiger partial charge in [-0.1, -0.05) is 0 Å². The summed E-state index contributed by atoms with van der Waals surface area (Å²) in [6.45, 7) is 5.20. The Morgan fingerprint density at radius 1 is 1.25 bits per heavy atom. The fraction of sp³-hybridized carbons (Fsp3) is 0.800. The highest BCUT2D eigenvalue weighted by Crippen LogP contribution is 2.15. The quantitative estimate of drug-likeness (QED) is 0.493. The van der Waals surface area contributed by atoms with Crippen LogP contribution >= 0.6 is 0 Å². The molecular weight excluding hydrogens is 212 g/mol. The molecule has 0 aliphatic rings. The number of esters is 1. The van der Waals surface area contributed by atoms with Crippen LogP contribution in [0.15, 0.2) is 0 Å². The molecule has 0 heterocycles. The molecule has 6 heteroatoms. The molecule has 6 nitrogen and oxygen atoms in total. The van der Waals surface area contributed by atoms with Crippen molar-refractivity contribution in [2.75, 3.05) is 13.7 Å². The number of hydrogen-bond acceptors (Lipinski definition) is 5. The Balaban J connectivity index is 4.77. The molecule has 0 unspecified atom stereocenters. The van der Waals surface area contributed by atoms with Gasteiger partial charge in [0.1, 0.15) is 5.60 Å². The van der Waals surface area contributed by atoms with Gasteiger partial charge in [-0.15, -0.1) is 0 Å². The first-order valence-corrected chi connectivity index (χ1v) is 4.94. The van der Waals surface area contributed by atoms with E-state index < -0.39 is 23.0 Å². The largest absolute Gasteiger partial charge is 0.458 e. The molecule has 0 spiro atoms. The monoisotopic (exact) mass is 232 g/mol. The molecule has 0 saturated carbocycles.